The Balaban J connectivity index is 2.91. The highest BCUT2D eigenvalue weighted by atomic mass is 16.5. The molecule has 0 aliphatic heterocycles. The van der Waals surface area contributed by atoms with Crippen LogP contribution in [-0.2, 0) is 6.54 Å². The summed E-state index contributed by atoms with van der Waals surface area (Å²) in [6, 6.07) is 5.98. The molecule has 3 heteroatoms. The van der Waals surface area contributed by atoms with Gasteiger partial charge in [0.05, 0.1) is 13.2 Å². The van der Waals surface area contributed by atoms with E-state index in [1.165, 1.54) is 5.56 Å². The maximum absolute atomic E-state index is 6.02. The highest BCUT2D eigenvalue weighted by molar-refractivity contribution is 5.40. The molecule has 0 aliphatic rings. The Bertz CT molecular complexity index is 335. The van der Waals surface area contributed by atoms with Gasteiger partial charge >= 0.3 is 0 Å². The summed E-state index contributed by atoms with van der Waals surface area (Å²) in [7, 11) is 3.61. The van der Waals surface area contributed by atoms with Crippen LogP contribution in [0.4, 0.5) is 0 Å². The first kappa shape index (κ1) is 13.8. The number of methoxy groups -OCH3 is 1. The van der Waals surface area contributed by atoms with Crippen molar-refractivity contribution in [3.8, 4) is 11.5 Å². The molecule has 0 spiro atoms. The number of rotatable bonds is 7. The van der Waals surface area contributed by atoms with E-state index in [-0.39, 0.29) is 6.10 Å². The first-order valence-corrected chi connectivity index (χ1v) is 6.23. The van der Waals surface area contributed by atoms with Crippen LogP contribution in [0.2, 0.25) is 0 Å². The molecule has 1 aromatic rings. The molecule has 0 fully saturated rings. The summed E-state index contributed by atoms with van der Waals surface area (Å²) in [5.41, 5.74) is 1.17. The van der Waals surface area contributed by atoms with Gasteiger partial charge < -0.3 is 14.8 Å². The summed E-state index contributed by atoms with van der Waals surface area (Å²) in [6.07, 6.45) is 2.32. The molecule has 3 nitrogen and oxygen atoms in total. The van der Waals surface area contributed by atoms with Gasteiger partial charge in [0.15, 0.2) is 0 Å². The first-order valence-electron chi connectivity index (χ1n) is 6.23. The van der Waals surface area contributed by atoms with Crippen LogP contribution < -0.4 is 14.8 Å². The van der Waals surface area contributed by atoms with Gasteiger partial charge in [-0.1, -0.05) is 19.9 Å². The van der Waals surface area contributed by atoms with Crippen molar-refractivity contribution in [2.24, 2.45) is 0 Å². The predicted molar refractivity (Wildman–Crippen MR) is 70.8 cm³/mol. The molecule has 0 heterocycles. The van der Waals surface area contributed by atoms with Crippen molar-refractivity contribution in [1.29, 1.82) is 0 Å². The number of hydrogen-bond donors (Lipinski definition) is 1. The third-order valence-corrected chi connectivity index (χ3v) is 2.85. The molecule has 0 saturated heterocycles. The topological polar surface area (TPSA) is 30.5 Å². The molecule has 0 amide bonds. The van der Waals surface area contributed by atoms with E-state index in [0.29, 0.717) is 0 Å². The molecule has 0 aromatic heterocycles. The third kappa shape index (κ3) is 3.93. The number of benzene rings is 1. The van der Waals surface area contributed by atoms with Gasteiger partial charge in [0, 0.05) is 18.2 Å². The Kier molecular flexibility index (Phi) is 5.84. The average molecular weight is 237 g/mol. The summed E-state index contributed by atoms with van der Waals surface area (Å²) in [5, 5.41) is 3.15. The van der Waals surface area contributed by atoms with Crippen LogP contribution in [0, 0.1) is 0 Å². The molecule has 17 heavy (non-hydrogen) atoms. The van der Waals surface area contributed by atoms with Gasteiger partial charge in [-0.2, -0.15) is 0 Å². The zero-order chi connectivity index (χ0) is 12.7. The SMILES string of the molecule is CCC(CC)Oc1cc(OC)ccc1CNC. The summed E-state index contributed by atoms with van der Waals surface area (Å²) < 4.78 is 11.3. The standard InChI is InChI=1S/C14H23NO2/c1-5-12(6-2)17-14-9-13(16-4)8-7-11(14)10-15-3/h7-9,12,15H,5-6,10H2,1-4H3. The van der Waals surface area contributed by atoms with E-state index in [9.17, 15) is 0 Å². The lowest BCUT2D eigenvalue weighted by Crippen LogP contribution is -2.16. The summed E-state index contributed by atoms with van der Waals surface area (Å²) in [5.74, 6) is 1.76. The minimum atomic E-state index is 0.276. The van der Waals surface area contributed by atoms with Crippen molar-refractivity contribution in [2.45, 2.75) is 39.3 Å². The fourth-order valence-corrected chi connectivity index (χ4v) is 1.74. The molecule has 0 bridgehead atoms. The van der Waals surface area contributed by atoms with Gasteiger partial charge in [0.2, 0.25) is 0 Å². The van der Waals surface area contributed by atoms with Crippen LogP contribution in [-0.4, -0.2) is 20.3 Å². The normalized spacial score (nSPS) is 10.6. The van der Waals surface area contributed by atoms with Gasteiger partial charge in [-0.05, 0) is 26.0 Å². The van der Waals surface area contributed by atoms with Crippen LogP contribution in [0.15, 0.2) is 18.2 Å². The second kappa shape index (κ2) is 7.17. The first-order chi connectivity index (χ1) is 8.24. The lowest BCUT2D eigenvalue weighted by molar-refractivity contribution is 0.190. The maximum atomic E-state index is 6.02. The van der Waals surface area contributed by atoms with Gasteiger partial charge in [0.1, 0.15) is 11.5 Å². The van der Waals surface area contributed by atoms with Crippen molar-refractivity contribution in [1.82, 2.24) is 5.32 Å². The zero-order valence-corrected chi connectivity index (χ0v) is 11.2. The van der Waals surface area contributed by atoms with E-state index in [4.69, 9.17) is 9.47 Å². The number of hydrogen-bond acceptors (Lipinski definition) is 3. The third-order valence-electron chi connectivity index (χ3n) is 2.85. The molecule has 0 atom stereocenters. The molecule has 0 unspecified atom stereocenters. The smallest absolute Gasteiger partial charge is 0.127 e. The van der Waals surface area contributed by atoms with Crippen molar-refractivity contribution >= 4 is 0 Å². The quantitative estimate of drug-likeness (QED) is 0.791. The van der Waals surface area contributed by atoms with Gasteiger partial charge in [-0.15, -0.1) is 0 Å². The van der Waals surface area contributed by atoms with E-state index in [1.54, 1.807) is 7.11 Å². The molecule has 1 aromatic carbocycles. The zero-order valence-electron chi connectivity index (χ0n) is 11.2. The molecule has 96 valence electrons. The van der Waals surface area contributed by atoms with E-state index in [1.807, 2.05) is 25.2 Å². The Morgan fingerprint density at radius 2 is 1.94 bits per heavy atom. The van der Waals surface area contributed by atoms with Crippen molar-refractivity contribution < 1.29 is 9.47 Å². The Hall–Kier alpha value is -1.22. The monoisotopic (exact) mass is 237 g/mol. The van der Waals surface area contributed by atoms with E-state index in [0.717, 1.165) is 30.9 Å². The molecular weight excluding hydrogens is 214 g/mol. The van der Waals surface area contributed by atoms with Gasteiger partial charge in [-0.25, -0.2) is 0 Å². The van der Waals surface area contributed by atoms with Gasteiger partial charge in [-0.3, -0.25) is 0 Å². The molecule has 1 N–H and O–H groups in total. The summed E-state index contributed by atoms with van der Waals surface area (Å²) in [6.45, 7) is 5.09. The summed E-state index contributed by atoms with van der Waals surface area (Å²) >= 11 is 0. The number of ether oxygens (including phenoxy) is 2. The van der Waals surface area contributed by atoms with Crippen LogP contribution in [0.1, 0.15) is 32.3 Å². The highest BCUT2D eigenvalue weighted by Crippen LogP contribution is 2.26. The summed E-state index contributed by atoms with van der Waals surface area (Å²) in [4.78, 5) is 0. The van der Waals surface area contributed by atoms with E-state index < -0.39 is 0 Å². The van der Waals surface area contributed by atoms with Crippen LogP contribution >= 0.6 is 0 Å². The van der Waals surface area contributed by atoms with Crippen LogP contribution in [0.25, 0.3) is 0 Å². The minimum absolute atomic E-state index is 0.276. The Labute approximate surface area is 104 Å². The lowest BCUT2D eigenvalue weighted by Gasteiger charge is -2.19. The molecule has 0 radical (unpaired) electrons. The molecule has 0 saturated carbocycles. The van der Waals surface area contributed by atoms with E-state index >= 15 is 0 Å². The van der Waals surface area contributed by atoms with Crippen molar-refractivity contribution in [3.05, 3.63) is 23.8 Å². The Morgan fingerprint density at radius 3 is 2.47 bits per heavy atom. The second-order valence-corrected chi connectivity index (χ2v) is 4.06. The van der Waals surface area contributed by atoms with E-state index in [2.05, 4.69) is 19.2 Å². The average Bonchev–Trinajstić information content (AvgIpc) is 2.37. The molecule has 0 aliphatic carbocycles. The van der Waals surface area contributed by atoms with Crippen LogP contribution in [0.5, 0.6) is 11.5 Å². The van der Waals surface area contributed by atoms with Gasteiger partial charge in [0.25, 0.3) is 0 Å². The van der Waals surface area contributed by atoms with Crippen molar-refractivity contribution in [2.75, 3.05) is 14.2 Å². The maximum Gasteiger partial charge on any atom is 0.127 e. The Morgan fingerprint density at radius 1 is 1.24 bits per heavy atom. The molecular formula is C14H23NO2. The number of nitrogens with one attached hydrogen (secondary N) is 1. The van der Waals surface area contributed by atoms with Crippen LogP contribution in [0.3, 0.4) is 0 Å². The molecule has 1 rings (SSSR count). The lowest BCUT2D eigenvalue weighted by atomic mass is 10.1. The van der Waals surface area contributed by atoms with Crippen molar-refractivity contribution in [3.63, 3.8) is 0 Å². The highest BCUT2D eigenvalue weighted by Gasteiger charge is 2.10. The largest absolute Gasteiger partial charge is 0.497 e. The predicted octanol–water partition coefficient (Wildman–Crippen LogP) is 2.98. The fourth-order valence-electron chi connectivity index (χ4n) is 1.74. The second-order valence-electron chi connectivity index (χ2n) is 4.06. The minimum Gasteiger partial charge on any atom is -0.497 e. The fraction of sp³-hybridized carbons (Fsp3) is 0.571.